The molecule has 3 aromatic rings. The van der Waals surface area contributed by atoms with Crippen LogP contribution in [0.3, 0.4) is 0 Å². The van der Waals surface area contributed by atoms with Gasteiger partial charge in [0.15, 0.2) is 11.7 Å². The van der Waals surface area contributed by atoms with E-state index >= 15 is 0 Å². The Bertz CT molecular complexity index is 1780. The Morgan fingerprint density at radius 2 is 1.56 bits per heavy atom. The van der Waals surface area contributed by atoms with Crippen LogP contribution in [0.5, 0.6) is 5.75 Å². The van der Waals surface area contributed by atoms with E-state index in [4.69, 9.17) is 29.5 Å². The summed E-state index contributed by atoms with van der Waals surface area (Å²) in [7, 11) is 0. The Hall–Kier alpha value is -5.23. The third-order valence-electron chi connectivity index (χ3n) is 6.82. The number of hydrogen-bond acceptors (Lipinski definition) is 13. The van der Waals surface area contributed by atoms with E-state index in [0.29, 0.717) is 38.3 Å². The van der Waals surface area contributed by atoms with Crippen LogP contribution >= 0.6 is 11.3 Å². The van der Waals surface area contributed by atoms with Gasteiger partial charge in [-0.1, -0.05) is 17.3 Å². The number of esters is 1. The average molecular weight is 789 g/mol. The molecule has 0 aliphatic heterocycles. The molecular weight excluding hydrogens is 735 g/mol. The number of carboxylic acids is 1. The highest BCUT2D eigenvalue weighted by Gasteiger charge is 2.30. The van der Waals surface area contributed by atoms with Crippen LogP contribution in [-0.2, 0) is 41.7 Å². The maximum absolute atomic E-state index is 13.1. The van der Waals surface area contributed by atoms with Crippen molar-refractivity contribution in [3.8, 4) is 16.9 Å². The van der Waals surface area contributed by atoms with E-state index in [1.807, 2.05) is 45.3 Å². The maximum Gasteiger partial charge on any atom is 0.413 e. The summed E-state index contributed by atoms with van der Waals surface area (Å²) in [5.41, 5.74) is 4.70. The van der Waals surface area contributed by atoms with Gasteiger partial charge in [0.1, 0.15) is 34.9 Å². The van der Waals surface area contributed by atoms with Gasteiger partial charge in [0.25, 0.3) is 6.10 Å². The van der Waals surface area contributed by atoms with Crippen LogP contribution in [0.25, 0.3) is 11.1 Å². The second-order valence-corrected chi connectivity index (χ2v) is 16.2. The lowest BCUT2D eigenvalue weighted by Gasteiger charge is -2.23. The van der Waals surface area contributed by atoms with Crippen LogP contribution in [0.15, 0.2) is 47.2 Å². The number of ether oxygens (including phenoxy) is 4. The van der Waals surface area contributed by atoms with E-state index < -0.39 is 52.7 Å². The zero-order chi connectivity index (χ0) is 41.0. The predicted molar refractivity (Wildman–Crippen MR) is 205 cm³/mol. The number of alkyl carbamates (subject to hydrolysis) is 1. The minimum absolute atomic E-state index is 0.0724. The fourth-order valence-corrected chi connectivity index (χ4v) is 5.28. The molecule has 1 unspecified atom stereocenters. The van der Waals surface area contributed by atoms with Gasteiger partial charge in [0.2, 0.25) is 11.9 Å². The number of thiazole rings is 1. The maximum atomic E-state index is 13.1. The van der Waals surface area contributed by atoms with Gasteiger partial charge in [0, 0.05) is 18.3 Å². The van der Waals surface area contributed by atoms with Crippen molar-refractivity contribution in [3.63, 3.8) is 0 Å². The van der Waals surface area contributed by atoms with Crippen LogP contribution in [0.4, 0.5) is 14.7 Å². The Balaban J connectivity index is 1.72. The number of rotatable bonds is 17. The van der Waals surface area contributed by atoms with Crippen LogP contribution in [0, 0.1) is 0 Å². The highest BCUT2D eigenvalue weighted by atomic mass is 32.1. The number of nitrogens with zero attached hydrogens (tertiary/aromatic N) is 4. The topological polar surface area (TPSA) is 219 Å². The zero-order valence-electron chi connectivity index (χ0n) is 33.0. The first kappa shape index (κ1) is 44.2. The summed E-state index contributed by atoms with van der Waals surface area (Å²) in [6.07, 6.45) is 2.83. The summed E-state index contributed by atoms with van der Waals surface area (Å²) >= 11 is 0.952. The number of nitrogens with two attached hydrogens (primary N) is 1. The third-order valence-corrected chi connectivity index (χ3v) is 7.57. The summed E-state index contributed by atoms with van der Waals surface area (Å²) in [5, 5.41) is 20.3. The molecule has 0 radical (unpaired) electrons. The molecule has 0 fully saturated rings. The van der Waals surface area contributed by atoms with Crippen LogP contribution < -0.4 is 25.8 Å². The molecule has 0 saturated heterocycles. The number of aromatic nitrogens is 3. The lowest BCUT2D eigenvalue weighted by Crippen LogP contribution is -2.43. The number of carbonyl (C=O) groups is 4. The molecule has 0 saturated carbocycles. The number of carboxylic acid groups (broad SMARTS) is 1. The molecule has 0 bridgehead atoms. The molecule has 5 N–H and O–H groups in total. The van der Waals surface area contributed by atoms with E-state index in [2.05, 4.69) is 30.1 Å². The third kappa shape index (κ3) is 16.0. The lowest BCUT2D eigenvalue weighted by molar-refractivity contribution is -0.775. The zero-order valence-corrected chi connectivity index (χ0v) is 33.8. The SMILES string of the molecule is CC(C)(C)OC(=O)NCCCn1cc(-c2ccc(OCC(O/N=C(\C(=O)O)c3csc(NC(=O)OC(C)(C)C)n3)C(=O)OC(C)(C)C)cc2)c[n+]1CCCN. The first-order chi connectivity index (χ1) is 25.6. The van der Waals surface area contributed by atoms with Gasteiger partial charge in [-0.2, -0.15) is 4.68 Å². The molecule has 55 heavy (non-hydrogen) atoms. The highest BCUT2D eigenvalue weighted by molar-refractivity contribution is 7.14. The van der Waals surface area contributed by atoms with Gasteiger partial charge < -0.3 is 39.9 Å². The Morgan fingerprint density at radius 1 is 0.927 bits per heavy atom. The van der Waals surface area contributed by atoms with Gasteiger partial charge in [-0.05, 0) is 93.0 Å². The Labute approximate surface area is 325 Å². The average Bonchev–Trinajstić information content (AvgIpc) is 3.68. The summed E-state index contributed by atoms with van der Waals surface area (Å²) in [4.78, 5) is 58.9. The first-order valence-corrected chi connectivity index (χ1v) is 18.7. The van der Waals surface area contributed by atoms with Crippen molar-refractivity contribution in [2.45, 2.75) is 111 Å². The first-order valence-electron chi connectivity index (χ1n) is 17.8. The Kier molecular flexibility index (Phi) is 15.6. The van der Waals surface area contributed by atoms with Crippen molar-refractivity contribution in [1.82, 2.24) is 15.0 Å². The number of oxime groups is 1. The quantitative estimate of drug-likeness (QED) is 0.0351. The second kappa shape index (κ2) is 19.4. The van der Waals surface area contributed by atoms with Crippen molar-refractivity contribution in [2.24, 2.45) is 10.9 Å². The number of anilines is 1. The molecule has 302 valence electrons. The standard InChI is InChI=1S/C37H53N7O10S/c1-35(2,3)51-31(47)28(54-42-29(30(45)46)27-23-55-32(40-27)41-34(49)53-37(7,8)9)22-50-26-14-12-24(13-15-26)25-20-43(18-10-16-38)44(21-25)19-11-17-39-33(48)52-36(4,5)6/h12-15,20-21,23,28H,10-11,16-19,22,38H2,1-9H3,(H2-,39,40,41,45,46,48,49)/p+1/b42-29-. The second-order valence-electron chi connectivity index (χ2n) is 15.3. The molecule has 3 rings (SSSR count). The van der Waals surface area contributed by atoms with Gasteiger partial charge in [-0.25, -0.2) is 24.2 Å². The van der Waals surface area contributed by atoms with E-state index in [9.17, 15) is 24.3 Å². The monoisotopic (exact) mass is 788 g/mol. The summed E-state index contributed by atoms with van der Waals surface area (Å²) < 4.78 is 26.0. The van der Waals surface area contributed by atoms with E-state index in [1.54, 1.807) is 53.7 Å². The minimum Gasteiger partial charge on any atom is -0.489 e. The van der Waals surface area contributed by atoms with Gasteiger partial charge in [-0.15, -0.1) is 16.0 Å². The summed E-state index contributed by atoms with van der Waals surface area (Å²) in [6.45, 7) is 17.5. The minimum atomic E-state index is -1.48. The predicted octanol–water partition coefficient (Wildman–Crippen LogP) is 5.10. The Morgan fingerprint density at radius 3 is 2.16 bits per heavy atom. The normalized spacial score (nSPS) is 12.7. The van der Waals surface area contributed by atoms with Gasteiger partial charge >= 0.3 is 24.1 Å². The molecule has 0 aliphatic rings. The molecule has 1 aromatic carbocycles. The molecule has 17 nitrogen and oxygen atoms in total. The molecule has 0 aliphatic carbocycles. The summed E-state index contributed by atoms with van der Waals surface area (Å²) in [5.74, 6) is -1.90. The number of aryl methyl sites for hydroxylation is 2. The molecular formula is C37H54N7O10S+. The smallest absolute Gasteiger partial charge is 0.413 e. The van der Waals surface area contributed by atoms with Crippen molar-refractivity contribution in [3.05, 3.63) is 47.7 Å². The molecule has 1 atom stereocenters. The number of carbonyl (C=O) groups excluding carboxylic acids is 3. The molecule has 0 spiro atoms. The van der Waals surface area contributed by atoms with E-state index in [0.717, 1.165) is 28.9 Å². The van der Waals surface area contributed by atoms with Crippen molar-refractivity contribution >= 4 is 46.3 Å². The number of nitrogens with one attached hydrogen (secondary N) is 2. The molecule has 2 heterocycles. The highest BCUT2D eigenvalue weighted by Crippen LogP contribution is 2.23. The summed E-state index contributed by atoms with van der Waals surface area (Å²) in [6, 6.07) is 7.19. The van der Waals surface area contributed by atoms with Crippen LogP contribution in [0.2, 0.25) is 0 Å². The van der Waals surface area contributed by atoms with Gasteiger partial charge in [0.05, 0.1) is 18.3 Å². The number of aliphatic carboxylic acids is 1. The fourth-order valence-electron chi connectivity index (χ4n) is 4.60. The van der Waals surface area contributed by atoms with E-state index in [1.165, 1.54) is 5.38 Å². The van der Waals surface area contributed by atoms with Gasteiger partial charge in [-0.3, -0.25) is 5.32 Å². The molecule has 2 aromatic heterocycles. The number of amides is 2. The van der Waals surface area contributed by atoms with Crippen molar-refractivity contribution in [1.29, 1.82) is 0 Å². The van der Waals surface area contributed by atoms with Crippen molar-refractivity contribution < 1.29 is 52.8 Å². The molecule has 2 amide bonds. The number of benzene rings is 1. The van der Waals surface area contributed by atoms with E-state index in [-0.39, 0.29) is 17.4 Å². The lowest BCUT2D eigenvalue weighted by atomic mass is 10.1. The fraction of sp³-hybridized carbons (Fsp3) is 0.541. The molecule has 18 heteroatoms. The van der Waals surface area contributed by atoms with Crippen LogP contribution in [-0.4, -0.2) is 87.2 Å². The largest absolute Gasteiger partial charge is 0.489 e. The van der Waals surface area contributed by atoms with Crippen molar-refractivity contribution in [2.75, 3.05) is 25.0 Å². The van der Waals surface area contributed by atoms with Crippen LogP contribution in [0.1, 0.15) is 80.8 Å². The number of hydrogen-bond donors (Lipinski definition) is 4.